The van der Waals surface area contributed by atoms with E-state index in [-0.39, 0.29) is 5.91 Å². The molecule has 2 amide bonds. The van der Waals surface area contributed by atoms with E-state index in [4.69, 9.17) is 23.2 Å². The minimum Gasteiger partial charge on any atom is -0.354 e. The second kappa shape index (κ2) is 7.81. The van der Waals surface area contributed by atoms with Gasteiger partial charge in [0.05, 0.1) is 10.7 Å². The van der Waals surface area contributed by atoms with Gasteiger partial charge in [0, 0.05) is 18.1 Å². The topological polar surface area (TPSA) is 61.4 Å². The normalized spacial score (nSPS) is 11.4. The quantitative estimate of drug-likeness (QED) is 0.779. The second-order valence-electron chi connectivity index (χ2n) is 5.76. The van der Waals surface area contributed by atoms with Crippen molar-refractivity contribution in [3.05, 3.63) is 28.2 Å². The van der Waals surface area contributed by atoms with Gasteiger partial charge in [0.25, 0.3) is 0 Å². The highest BCUT2D eigenvalue weighted by atomic mass is 35.5. The molecule has 0 aliphatic carbocycles. The smallest absolute Gasteiger partial charge is 0.239 e. The van der Waals surface area contributed by atoms with E-state index >= 15 is 0 Å². The van der Waals surface area contributed by atoms with Crippen molar-refractivity contribution < 1.29 is 9.59 Å². The molecule has 7 heteroatoms. The summed E-state index contributed by atoms with van der Waals surface area (Å²) in [5, 5.41) is 6.21. The number of carbonyl (C=O) groups excluding carboxylic acids is 2. The summed E-state index contributed by atoms with van der Waals surface area (Å²) in [5.74, 6) is -0.768. The Bertz CT molecular complexity index is 560. The molecule has 0 heterocycles. The van der Waals surface area contributed by atoms with E-state index in [0.29, 0.717) is 28.8 Å². The molecule has 0 aromatic heterocycles. The van der Waals surface area contributed by atoms with Gasteiger partial charge in [-0.3, -0.25) is 9.59 Å². The maximum absolute atomic E-state index is 12.3. The van der Waals surface area contributed by atoms with Crippen LogP contribution in [0.4, 0.5) is 5.69 Å². The first kappa shape index (κ1) is 18.7. The molecule has 122 valence electrons. The monoisotopic (exact) mass is 345 g/mol. The van der Waals surface area contributed by atoms with Gasteiger partial charge in [-0.15, -0.1) is 0 Å². The molecule has 1 rings (SSSR count). The van der Waals surface area contributed by atoms with Crippen LogP contribution in [0.25, 0.3) is 0 Å². The average molecular weight is 346 g/mol. The van der Waals surface area contributed by atoms with Crippen LogP contribution in [0.3, 0.4) is 0 Å². The number of likely N-dealkylation sites (N-methyl/N-ethyl adjacent to an activating group) is 1. The fourth-order valence-corrected chi connectivity index (χ4v) is 2.04. The lowest BCUT2D eigenvalue weighted by atomic mass is 9.91. The van der Waals surface area contributed by atoms with Gasteiger partial charge in [0.2, 0.25) is 11.8 Å². The number of amides is 2. The number of nitrogens with zero attached hydrogens (tertiary/aromatic N) is 1. The predicted octanol–water partition coefficient (Wildman–Crippen LogP) is 2.64. The van der Waals surface area contributed by atoms with Gasteiger partial charge in [0.1, 0.15) is 5.41 Å². The summed E-state index contributed by atoms with van der Waals surface area (Å²) in [6, 6.07) is 4.75. The lowest BCUT2D eigenvalue weighted by molar-refractivity contribution is -0.138. The first-order valence-electron chi connectivity index (χ1n) is 6.84. The number of benzene rings is 1. The van der Waals surface area contributed by atoms with E-state index in [1.807, 2.05) is 19.0 Å². The number of hydrogen-bond donors (Lipinski definition) is 2. The van der Waals surface area contributed by atoms with Crippen LogP contribution in [-0.4, -0.2) is 43.9 Å². The van der Waals surface area contributed by atoms with Crippen molar-refractivity contribution in [1.82, 2.24) is 10.2 Å². The summed E-state index contributed by atoms with van der Waals surface area (Å²) in [6.07, 6.45) is 0. The Hall–Kier alpha value is -1.30. The average Bonchev–Trinajstić information content (AvgIpc) is 2.41. The summed E-state index contributed by atoms with van der Waals surface area (Å²) in [7, 11) is 3.82. The van der Waals surface area contributed by atoms with Crippen molar-refractivity contribution in [2.75, 3.05) is 32.5 Å². The highest BCUT2D eigenvalue weighted by Gasteiger charge is 2.36. The predicted molar refractivity (Wildman–Crippen MR) is 90.4 cm³/mol. The van der Waals surface area contributed by atoms with Crippen LogP contribution in [0.5, 0.6) is 0 Å². The highest BCUT2D eigenvalue weighted by Crippen LogP contribution is 2.27. The molecule has 0 unspecified atom stereocenters. The van der Waals surface area contributed by atoms with Crippen LogP contribution >= 0.6 is 23.2 Å². The summed E-state index contributed by atoms with van der Waals surface area (Å²) < 4.78 is 0. The molecular weight excluding hydrogens is 325 g/mol. The van der Waals surface area contributed by atoms with E-state index in [1.165, 1.54) is 6.07 Å². The lowest BCUT2D eigenvalue weighted by Gasteiger charge is -2.23. The highest BCUT2D eigenvalue weighted by molar-refractivity contribution is 6.36. The van der Waals surface area contributed by atoms with Crippen LogP contribution in [0.1, 0.15) is 13.8 Å². The molecule has 1 aromatic carbocycles. The number of halogens is 2. The van der Waals surface area contributed by atoms with Crippen LogP contribution in [0.15, 0.2) is 18.2 Å². The van der Waals surface area contributed by atoms with Crippen molar-refractivity contribution in [2.45, 2.75) is 13.8 Å². The first-order chi connectivity index (χ1) is 10.1. The third-order valence-corrected chi connectivity index (χ3v) is 3.71. The largest absolute Gasteiger partial charge is 0.354 e. The Balaban J connectivity index is 2.71. The summed E-state index contributed by atoms with van der Waals surface area (Å²) >= 11 is 11.8. The Labute approximate surface area is 141 Å². The fraction of sp³-hybridized carbons (Fsp3) is 0.467. The molecule has 0 saturated heterocycles. The van der Waals surface area contributed by atoms with Crippen LogP contribution in [0.2, 0.25) is 10.0 Å². The molecule has 0 aliphatic heterocycles. The number of hydrogen-bond acceptors (Lipinski definition) is 3. The van der Waals surface area contributed by atoms with E-state index in [2.05, 4.69) is 10.6 Å². The van der Waals surface area contributed by atoms with Crippen molar-refractivity contribution >= 4 is 40.7 Å². The van der Waals surface area contributed by atoms with Crippen molar-refractivity contribution in [3.8, 4) is 0 Å². The Morgan fingerprint density at radius 2 is 1.82 bits per heavy atom. The minimum absolute atomic E-state index is 0.324. The fourth-order valence-electron chi connectivity index (χ4n) is 1.59. The molecule has 0 radical (unpaired) electrons. The SMILES string of the molecule is CN(C)CCNC(=O)C(C)(C)C(=O)Nc1ccc(Cl)cc1Cl. The first-order valence-corrected chi connectivity index (χ1v) is 7.59. The molecule has 5 nitrogen and oxygen atoms in total. The maximum atomic E-state index is 12.3. The zero-order chi connectivity index (χ0) is 16.9. The van der Waals surface area contributed by atoms with Gasteiger partial charge in [-0.25, -0.2) is 0 Å². The standard InChI is InChI=1S/C15H21Cl2N3O2/c1-15(2,13(21)18-7-8-20(3)4)14(22)19-12-6-5-10(16)9-11(12)17/h5-6,9H,7-8H2,1-4H3,(H,18,21)(H,19,22). The van der Waals surface area contributed by atoms with Crippen molar-refractivity contribution in [3.63, 3.8) is 0 Å². The zero-order valence-electron chi connectivity index (χ0n) is 13.2. The third-order valence-electron chi connectivity index (χ3n) is 3.16. The maximum Gasteiger partial charge on any atom is 0.239 e. The van der Waals surface area contributed by atoms with Gasteiger partial charge in [-0.1, -0.05) is 23.2 Å². The van der Waals surface area contributed by atoms with E-state index in [0.717, 1.165) is 0 Å². The Morgan fingerprint density at radius 1 is 1.18 bits per heavy atom. The van der Waals surface area contributed by atoms with Gasteiger partial charge < -0.3 is 15.5 Å². The van der Waals surface area contributed by atoms with Crippen LogP contribution in [0, 0.1) is 5.41 Å². The van der Waals surface area contributed by atoms with Crippen molar-refractivity contribution in [2.24, 2.45) is 5.41 Å². The minimum atomic E-state index is -1.21. The molecule has 1 aromatic rings. The summed E-state index contributed by atoms with van der Waals surface area (Å²) in [5.41, 5.74) is -0.792. The number of carbonyl (C=O) groups is 2. The molecule has 2 N–H and O–H groups in total. The molecule has 0 aliphatic rings. The van der Waals surface area contributed by atoms with Gasteiger partial charge >= 0.3 is 0 Å². The van der Waals surface area contributed by atoms with Crippen LogP contribution in [-0.2, 0) is 9.59 Å². The van der Waals surface area contributed by atoms with Crippen molar-refractivity contribution in [1.29, 1.82) is 0 Å². The Morgan fingerprint density at radius 3 is 2.36 bits per heavy atom. The molecule has 0 saturated carbocycles. The summed E-state index contributed by atoms with van der Waals surface area (Å²) in [6.45, 7) is 4.31. The number of rotatable bonds is 6. The third kappa shape index (κ3) is 5.16. The second-order valence-corrected chi connectivity index (χ2v) is 6.61. The van der Waals surface area contributed by atoms with Gasteiger partial charge in [-0.05, 0) is 46.1 Å². The van der Waals surface area contributed by atoms with Gasteiger partial charge in [-0.2, -0.15) is 0 Å². The molecular formula is C15H21Cl2N3O2. The van der Waals surface area contributed by atoms with Gasteiger partial charge in [0.15, 0.2) is 0 Å². The molecule has 0 fully saturated rings. The van der Waals surface area contributed by atoms with Crippen LogP contribution < -0.4 is 10.6 Å². The van der Waals surface area contributed by atoms with E-state index in [1.54, 1.807) is 26.0 Å². The zero-order valence-corrected chi connectivity index (χ0v) is 14.7. The molecule has 22 heavy (non-hydrogen) atoms. The molecule has 0 atom stereocenters. The summed E-state index contributed by atoms with van der Waals surface area (Å²) in [4.78, 5) is 26.5. The number of anilines is 1. The van der Waals surface area contributed by atoms with E-state index < -0.39 is 11.3 Å². The molecule has 0 bridgehead atoms. The molecule has 0 spiro atoms. The Kier molecular flexibility index (Phi) is 6.66. The number of nitrogens with one attached hydrogen (secondary N) is 2. The van der Waals surface area contributed by atoms with E-state index in [9.17, 15) is 9.59 Å². The lowest BCUT2D eigenvalue weighted by Crippen LogP contribution is -2.46.